The maximum absolute atomic E-state index is 5.34. The predicted molar refractivity (Wildman–Crippen MR) is 95.4 cm³/mol. The SMILES string of the molecule is Cc1nc2c3ccccc3nc(SCc3nc(CC(C)C)no3)n2n1. The van der Waals surface area contributed by atoms with Gasteiger partial charge in [-0.2, -0.15) is 9.50 Å². The van der Waals surface area contributed by atoms with Crippen molar-refractivity contribution in [1.82, 2.24) is 29.7 Å². The summed E-state index contributed by atoms with van der Waals surface area (Å²) in [4.78, 5) is 13.7. The van der Waals surface area contributed by atoms with Gasteiger partial charge in [0.05, 0.1) is 11.3 Å². The first-order valence-corrected chi connectivity index (χ1v) is 9.15. The zero-order valence-electron chi connectivity index (χ0n) is 14.3. The predicted octanol–water partition coefficient (Wildman–Crippen LogP) is 3.46. The Hall–Kier alpha value is -2.48. The highest BCUT2D eigenvalue weighted by atomic mass is 32.2. The van der Waals surface area contributed by atoms with E-state index >= 15 is 0 Å². The Bertz CT molecular complexity index is 1040. The number of thioether (sulfide) groups is 1. The van der Waals surface area contributed by atoms with Gasteiger partial charge in [0, 0.05) is 11.8 Å². The van der Waals surface area contributed by atoms with Crippen molar-refractivity contribution >= 4 is 28.3 Å². The molecule has 0 spiro atoms. The quantitative estimate of drug-likeness (QED) is 0.401. The Balaban J connectivity index is 1.65. The Labute approximate surface area is 148 Å². The lowest BCUT2D eigenvalue weighted by atomic mass is 10.1. The third kappa shape index (κ3) is 3.21. The minimum absolute atomic E-state index is 0.498. The van der Waals surface area contributed by atoms with Crippen molar-refractivity contribution < 1.29 is 4.52 Å². The van der Waals surface area contributed by atoms with Crippen molar-refractivity contribution in [2.24, 2.45) is 5.92 Å². The van der Waals surface area contributed by atoms with E-state index in [0.717, 1.165) is 39.8 Å². The summed E-state index contributed by atoms with van der Waals surface area (Å²) < 4.78 is 7.12. The van der Waals surface area contributed by atoms with E-state index in [1.165, 1.54) is 11.8 Å². The minimum atomic E-state index is 0.498. The van der Waals surface area contributed by atoms with Crippen LogP contribution in [0.2, 0.25) is 0 Å². The van der Waals surface area contributed by atoms with Crippen LogP contribution in [0.15, 0.2) is 33.9 Å². The van der Waals surface area contributed by atoms with Crippen molar-refractivity contribution in [3.63, 3.8) is 0 Å². The van der Waals surface area contributed by atoms with Crippen LogP contribution >= 0.6 is 11.8 Å². The highest BCUT2D eigenvalue weighted by molar-refractivity contribution is 7.98. The van der Waals surface area contributed by atoms with E-state index in [4.69, 9.17) is 9.51 Å². The van der Waals surface area contributed by atoms with Gasteiger partial charge < -0.3 is 4.52 Å². The van der Waals surface area contributed by atoms with Crippen molar-refractivity contribution in [1.29, 1.82) is 0 Å². The summed E-state index contributed by atoms with van der Waals surface area (Å²) in [5.41, 5.74) is 1.72. The molecule has 0 fully saturated rings. The number of aromatic nitrogens is 6. The second kappa shape index (κ2) is 6.44. The lowest BCUT2D eigenvalue weighted by Crippen LogP contribution is -1.99. The van der Waals surface area contributed by atoms with Crippen LogP contribution in [0.25, 0.3) is 16.6 Å². The fourth-order valence-corrected chi connectivity index (χ4v) is 3.43. The largest absolute Gasteiger partial charge is 0.338 e. The van der Waals surface area contributed by atoms with E-state index in [0.29, 0.717) is 17.6 Å². The Kier molecular flexibility index (Phi) is 4.12. The summed E-state index contributed by atoms with van der Waals surface area (Å²) >= 11 is 1.52. The molecular formula is C17H18N6OS. The molecule has 7 nitrogen and oxygen atoms in total. The first-order valence-electron chi connectivity index (χ1n) is 8.16. The van der Waals surface area contributed by atoms with Crippen LogP contribution in [0.3, 0.4) is 0 Å². The summed E-state index contributed by atoms with van der Waals surface area (Å²) in [7, 11) is 0. The number of para-hydroxylation sites is 1. The third-order valence-corrected chi connectivity index (χ3v) is 4.59. The van der Waals surface area contributed by atoms with Crippen LogP contribution in [-0.4, -0.2) is 29.7 Å². The number of nitrogens with zero attached hydrogens (tertiary/aromatic N) is 6. The first kappa shape index (κ1) is 16.0. The molecule has 1 aromatic carbocycles. The fraction of sp³-hybridized carbons (Fsp3) is 0.353. The number of hydrogen-bond donors (Lipinski definition) is 0. The maximum Gasteiger partial charge on any atom is 0.237 e. The Morgan fingerprint density at radius 2 is 2.00 bits per heavy atom. The molecule has 0 amide bonds. The summed E-state index contributed by atoms with van der Waals surface area (Å²) in [5.74, 6) is 3.11. The van der Waals surface area contributed by atoms with Crippen LogP contribution in [-0.2, 0) is 12.2 Å². The maximum atomic E-state index is 5.34. The standard InChI is InChI=1S/C17H18N6OS/c1-10(2)8-14-20-15(24-22-14)9-25-17-19-13-7-5-4-6-12(13)16-18-11(3)21-23(16)17/h4-7,10H,8-9H2,1-3H3. The van der Waals surface area contributed by atoms with Crippen molar-refractivity contribution in [3.8, 4) is 0 Å². The summed E-state index contributed by atoms with van der Waals surface area (Å²) in [6, 6.07) is 7.95. The smallest absolute Gasteiger partial charge is 0.237 e. The van der Waals surface area contributed by atoms with Crippen LogP contribution in [0, 0.1) is 12.8 Å². The molecule has 0 atom stereocenters. The number of fused-ring (bicyclic) bond motifs is 3. The van der Waals surface area contributed by atoms with E-state index < -0.39 is 0 Å². The number of hydrogen-bond acceptors (Lipinski definition) is 7. The molecule has 0 aliphatic heterocycles. The Morgan fingerprint density at radius 1 is 1.16 bits per heavy atom. The van der Waals surface area contributed by atoms with Crippen LogP contribution < -0.4 is 0 Å². The van der Waals surface area contributed by atoms with Crippen LogP contribution in [0.5, 0.6) is 0 Å². The molecule has 0 N–H and O–H groups in total. The summed E-state index contributed by atoms with van der Waals surface area (Å²) in [6.45, 7) is 6.15. The van der Waals surface area contributed by atoms with E-state index in [1.54, 1.807) is 4.52 Å². The lowest BCUT2D eigenvalue weighted by molar-refractivity contribution is 0.382. The number of aryl methyl sites for hydroxylation is 1. The molecule has 3 heterocycles. The van der Waals surface area contributed by atoms with E-state index in [-0.39, 0.29) is 0 Å². The van der Waals surface area contributed by atoms with Gasteiger partial charge in [0.1, 0.15) is 5.82 Å². The third-order valence-electron chi connectivity index (χ3n) is 3.68. The second-order valence-corrected chi connectivity index (χ2v) is 7.24. The molecule has 4 aromatic rings. The van der Waals surface area contributed by atoms with Gasteiger partial charge in [0.25, 0.3) is 0 Å². The topological polar surface area (TPSA) is 82.0 Å². The zero-order chi connectivity index (χ0) is 17.4. The van der Waals surface area contributed by atoms with Gasteiger partial charge in [-0.15, -0.1) is 5.10 Å². The van der Waals surface area contributed by atoms with E-state index in [9.17, 15) is 0 Å². The normalized spacial score (nSPS) is 11.8. The summed E-state index contributed by atoms with van der Waals surface area (Å²) in [5, 5.41) is 10.3. The molecule has 0 radical (unpaired) electrons. The van der Waals surface area contributed by atoms with Crippen molar-refractivity contribution in [2.75, 3.05) is 0 Å². The van der Waals surface area contributed by atoms with Gasteiger partial charge in [-0.3, -0.25) is 0 Å². The van der Waals surface area contributed by atoms with Crippen molar-refractivity contribution in [2.45, 2.75) is 38.1 Å². The molecule has 128 valence electrons. The van der Waals surface area contributed by atoms with Gasteiger partial charge in [-0.25, -0.2) is 9.97 Å². The lowest BCUT2D eigenvalue weighted by Gasteiger charge is -2.04. The number of rotatable bonds is 5. The highest BCUT2D eigenvalue weighted by Crippen LogP contribution is 2.25. The van der Waals surface area contributed by atoms with Gasteiger partial charge in [-0.1, -0.05) is 42.9 Å². The van der Waals surface area contributed by atoms with Crippen LogP contribution in [0.4, 0.5) is 0 Å². The van der Waals surface area contributed by atoms with Gasteiger partial charge in [0.15, 0.2) is 16.6 Å². The summed E-state index contributed by atoms with van der Waals surface area (Å²) in [6.07, 6.45) is 0.814. The van der Waals surface area contributed by atoms with E-state index in [2.05, 4.69) is 34.1 Å². The molecule has 0 saturated carbocycles. The fourth-order valence-electron chi connectivity index (χ4n) is 2.65. The molecule has 25 heavy (non-hydrogen) atoms. The average molecular weight is 354 g/mol. The molecule has 0 aliphatic carbocycles. The molecule has 0 bridgehead atoms. The Morgan fingerprint density at radius 3 is 2.84 bits per heavy atom. The van der Waals surface area contributed by atoms with Gasteiger partial charge in [-0.05, 0) is 25.0 Å². The van der Waals surface area contributed by atoms with Crippen molar-refractivity contribution in [3.05, 3.63) is 41.8 Å². The monoisotopic (exact) mass is 354 g/mol. The minimum Gasteiger partial charge on any atom is -0.338 e. The highest BCUT2D eigenvalue weighted by Gasteiger charge is 2.14. The molecule has 0 unspecified atom stereocenters. The first-order chi connectivity index (χ1) is 12.1. The molecule has 4 rings (SSSR count). The van der Waals surface area contributed by atoms with Gasteiger partial charge >= 0.3 is 0 Å². The molecule has 8 heteroatoms. The molecular weight excluding hydrogens is 336 g/mol. The number of benzene rings is 1. The van der Waals surface area contributed by atoms with Gasteiger partial charge in [0.2, 0.25) is 5.89 Å². The zero-order valence-corrected chi connectivity index (χ0v) is 15.1. The molecule has 0 saturated heterocycles. The van der Waals surface area contributed by atoms with E-state index in [1.807, 2.05) is 31.2 Å². The second-order valence-electron chi connectivity index (χ2n) is 6.30. The molecule has 3 aromatic heterocycles. The molecule has 0 aliphatic rings. The average Bonchev–Trinajstić information content (AvgIpc) is 3.18. The van der Waals surface area contributed by atoms with Crippen LogP contribution in [0.1, 0.15) is 31.4 Å².